The van der Waals surface area contributed by atoms with Gasteiger partial charge in [0.15, 0.2) is 5.70 Å². The number of esters is 1. The number of aliphatic carboxylic acids is 1. The summed E-state index contributed by atoms with van der Waals surface area (Å²) in [5.41, 5.74) is 4.80. The molecule has 11 heteroatoms. The molecule has 0 spiro atoms. The first-order valence-corrected chi connectivity index (χ1v) is 7.44. The molecule has 1 atom stereocenters. The van der Waals surface area contributed by atoms with Crippen molar-refractivity contribution < 1.29 is 43.1 Å². The van der Waals surface area contributed by atoms with Gasteiger partial charge in [0.25, 0.3) is 0 Å². The van der Waals surface area contributed by atoms with Crippen LogP contribution in [0, 0.1) is 0 Å². The Labute approximate surface area is 151 Å². The fourth-order valence-electron chi connectivity index (χ4n) is 1.68. The number of quaternary nitrogens is 1. The first-order valence-electron chi connectivity index (χ1n) is 7.44. The number of amides is 1. The fourth-order valence-corrected chi connectivity index (χ4v) is 1.68. The average molecular weight is 387 g/mol. The summed E-state index contributed by atoms with van der Waals surface area (Å²) in [4.78, 5) is 35.5. The summed E-state index contributed by atoms with van der Waals surface area (Å²) in [6, 6.07) is 8.93. The summed E-state index contributed by atoms with van der Waals surface area (Å²) >= 11 is 0. The molecule has 0 aliphatic carbocycles. The Morgan fingerprint density at radius 1 is 1.33 bits per heavy atom. The van der Waals surface area contributed by atoms with Crippen molar-refractivity contribution in [3.8, 4) is 0 Å². The Balaban J connectivity index is 0.000000445. The molecule has 0 aromatic heterocycles. The summed E-state index contributed by atoms with van der Waals surface area (Å²) in [5, 5.41) is 11.4. The molecule has 1 aromatic carbocycles. The van der Waals surface area contributed by atoms with Gasteiger partial charge in [0.05, 0.1) is 6.54 Å². The molecule has 0 saturated carbocycles. The number of carbonyl (C=O) groups excluding carboxylic acids is 3. The molecule has 1 aliphatic heterocycles. The van der Waals surface area contributed by atoms with Crippen LogP contribution < -0.4 is 16.2 Å². The van der Waals surface area contributed by atoms with Crippen LogP contribution in [0.2, 0.25) is 0 Å². The molecule has 1 unspecified atom stereocenters. The van der Waals surface area contributed by atoms with Gasteiger partial charge in [-0.25, -0.2) is 9.79 Å². The smallest absolute Gasteiger partial charge is 0.430 e. The number of alkyl halides is 3. The maximum atomic E-state index is 11.7. The molecule has 0 radical (unpaired) electrons. The molecule has 1 aliphatic rings. The van der Waals surface area contributed by atoms with Crippen molar-refractivity contribution in [3.63, 3.8) is 0 Å². The third-order valence-electron chi connectivity index (χ3n) is 2.88. The third kappa shape index (κ3) is 7.69. The number of hydrogen-bond acceptors (Lipinski definition) is 6. The number of rotatable bonds is 4. The van der Waals surface area contributed by atoms with Gasteiger partial charge in [-0.2, -0.15) is 13.2 Å². The highest BCUT2D eigenvalue weighted by molar-refractivity contribution is 6.11. The number of carbonyl (C=O) groups is 3. The Hall–Kier alpha value is -3.21. The van der Waals surface area contributed by atoms with Crippen molar-refractivity contribution in [3.05, 3.63) is 47.7 Å². The van der Waals surface area contributed by atoms with Gasteiger partial charge >= 0.3 is 12.1 Å². The molecule has 0 fully saturated rings. The number of benzene rings is 1. The summed E-state index contributed by atoms with van der Waals surface area (Å²) in [6.45, 7) is 1.78. The predicted molar refractivity (Wildman–Crippen MR) is 83.6 cm³/mol. The number of aliphatic imine (C=N–C) groups is 1. The van der Waals surface area contributed by atoms with Gasteiger partial charge in [-0.3, -0.25) is 4.79 Å². The van der Waals surface area contributed by atoms with Crippen molar-refractivity contribution in [2.24, 2.45) is 4.99 Å². The topological polar surface area (TPSA) is 136 Å². The zero-order chi connectivity index (χ0) is 20.6. The lowest BCUT2D eigenvalue weighted by atomic mass is 10.2. The van der Waals surface area contributed by atoms with Crippen molar-refractivity contribution in [1.82, 2.24) is 5.32 Å². The number of hydrogen-bond donors (Lipinski definition) is 2. The van der Waals surface area contributed by atoms with Crippen molar-refractivity contribution >= 4 is 23.7 Å². The molecule has 1 aromatic rings. The fraction of sp³-hybridized carbons (Fsp3) is 0.250. The average Bonchev–Trinajstić information content (AvgIpc) is 2.94. The normalized spacial score (nSPS) is 16.0. The summed E-state index contributed by atoms with van der Waals surface area (Å²) in [6.07, 6.45) is -3.60. The van der Waals surface area contributed by atoms with Gasteiger partial charge in [-0.15, -0.1) is 0 Å². The monoisotopic (exact) mass is 387 g/mol. The van der Waals surface area contributed by atoms with E-state index >= 15 is 0 Å². The summed E-state index contributed by atoms with van der Waals surface area (Å²) in [5.74, 6) is -3.36. The van der Waals surface area contributed by atoms with E-state index in [0.29, 0.717) is 6.54 Å². The molecule has 0 bridgehead atoms. The minimum absolute atomic E-state index is 0.139. The van der Waals surface area contributed by atoms with E-state index < -0.39 is 18.1 Å². The van der Waals surface area contributed by atoms with Crippen LogP contribution in [0.4, 0.5) is 13.2 Å². The van der Waals surface area contributed by atoms with Gasteiger partial charge < -0.3 is 25.7 Å². The first kappa shape index (κ1) is 21.8. The van der Waals surface area contributed by atoms with Crippen molar-refractivity contribution in [2.45, 2.75) is 19.1 Å². The van der Waals surface area contributed by atoms with Gasteiger partial charge in [0.1, 0.15) is 12.0 Å². The number of cyclic esters (lactones) is 1. The van der Waals surface area contributed by atoms with Gasteiger partial charge in [0, 0.05) is 18.6 Å². The minimum atomic E-state index is -5.19. The lowest BCUT2D eigenvalue weighted by molar-refractivity contribution is -0.400. The minimum Gasteiger partial charge on any atom is -0.542 e. The van der Waals surface area contributed by atoms with Crippen molar-refractivity contribution in [2.75, 3.05) is 6.54 Å². The summed E-state index contributed by atoms with van der Waals surface area (Å²) < 4.78 is 36.7. The Bertz CT molecular complexity index is 760. The van der Waals surface area contributed by atoms with Gasteiger partial charge in [0.2, 0.25) is 11.8 Å². The second kappa shape index (κ2) is 9.48. The van der Waals surface area contributed by atoms with Crippen LogP contribution in [0.1, 0.15) is 12.5 Å². The largest absolute Gasteiger partial charge is 0.542 e. The Kier molecular flexibility index (Phi) is 7.66. The van der Waals surface area contributed by atoms with Gasteiger partial charge in [-0.1, -0.05) is 18.2 Å². The number of carboxylic acid groups (broad SMARTS) is 1. The molecule has 1 heterocycles. The highest BCUT2D eigenvalue weighted by Crippen LogP contribution is 2.16. The number of nitrogens with zero attached hydrogens (tertiary/aromatic N) is 1. The number of carboxylic acids is 1. The highest BCUT2D eigenvalue weighted by Gasteiger charge is 2.29. The maximum absolute atomic E-state index is 11.7. The van der Waals surface area contributed by atoms with Crippen LogP contribution in [0.3, 0.4) is 0 Å². The molecule has 0 saturated heterocycles. The van der Waals surface area contributed by atoms with E-state index in [1.165, 1.54) is 6.92 Å². The molecule has 27 heavy (non-hydrogen) atoms. The van der Waals surface area contributed by atoms with Crippen molar-refractivity contribution in [1.29, 1.82) is 0 Å². The highest BCUT2D eigenvalue weighted by atomic mass is 19.4. The third-order valence-corrected chi connectivity index (χ3v) is 2.88. The molecule has 4 N–H and O–H groups in total. The van der Waals surface area contributed by atoms with Crippen LogP contribution in [0.15, 0.2) is 47.1 Å². The first-order chi connectivity index (χ1) is 12.5. The second-order valence-corrected chi connectivity index (χ2v) is 5.21. The van der Waals surface area contributed by atoms with Crippen LogP contribution >= 0.6 is 0 Å². The van der Waals surface area contributed by atoms with Gasteiger partial charge in [-0.05, 0) is 12.1 Å². The Morgan fingerprint density at radius 2 is 1.89 bits per heavy atom. The zero-order valence-corrected chi connectivity index (χ0v) is 14.1. The summed E-state index contributed by atoms with van der Waals surface area (Å²) in [7, 11) is 0. The van der Waals surface area contributed by atoms with E-state index in [4.69, 9.17) is 14.6 Å². The van der Waals surface area contributed by atoms with Crippen LogP contribution in [0.25, 0.3) is 0 Å². The number of halogens is 3. The second-order valence-electron chi connectivity index (χ2n) is 5.21. The SMILES string of the molecule is CC(=O)NCC([NH3+])/C=C1\N=C(c2ccccc2)OC1=O.O=C([O-])C(F)(F)F. The van der Waals surface area contributed by atoms with E-state index in [-0.39, 0.29) is 23.5 Å². The van der Waals surface area contributed by atoms with E-state index in [1.54, 1.807) is 6.08 Å². The zero-order valence-electron chi connectivity index (χ0n) is 14.1. The molecular weight excluding hydrogens is 371 g/mol. The molecule has 8 nitrogen and oxygen atoms in total. The van der Waals surface area contributed by atoms with Crippen LogP contribution in [-0.4, -0.2) is 42.5 Å². The number of nitrogens with one attached hydrogen (secondary N) is 1. The predicted octanol–water partition coefficient (Wildman–Crippen LogP) is -1.08. The quantitative estimate of drug-likeness (QED) is 0.500. The maximum Gasteiger partial charge on any atom is 0.430 e. The molecule has 2 rings (SSSR count). The van der Waals surface area contributed by atoms with Crippen LogP contribution in [0.5, 0.6) is 0 Å². The molecule has 1 amide bonds. The van der Waals surface area contributed by atoms with Crippen LogP contribution in [-0.2, 0) is 19.1 Å². The van der Waals surface area contributed by atoms with E-state index in [9.17, 15) is 22.8 Å². The van der Waals surface area contributed by atoms with E-state index in [0.717, 1.165) is 5.56 Å². The standard InChI is InChI=1S/C14H15N3O3.C2HF3O2/c1-9(18)16-8-11(15)7-12-14(19)20-13(17-12)10-5-3-2-4-6-10;3-2(4,5)1(6)7/h2-7,11H,8,15H2,1H3,(H,16,18);(H,6,7)/b12-7-;. The van der Waals surface area contributed by atoms with E-state index in [2.05, 4.69) is 16.0 Å². The lowest BCUT2D eigenvalue weighted by Crippen LogP contribution is -2.64. The number of ether oxygens (including phenoxy) is 1. The molecular formula is C16H16F3N3O5. The lowest BCUT2D eigenvalue weighted by Gasteiger charge is -2.03. The van der Waals surface area contributed by atoms with E-state index in [1.807, 2.05) is 30.3 Å². The Morgan fingerprint density at radius 3 is 2.37 bits per heavy atom. The molecule has 146 valence electrons.